The van der Waals surface area contributed by atoms with Crippen LogP contribution in [0.4, 0.5) is 11.4 Å². The first-order chi connectivity index (χ1) is 10.1. The van der Waals surface area contributed by atoms with E-state index < -0.39 is 5.97 Å². The van der Waals surface area contributed by atoms with E-state index in [-0.39, 0.29) is 11.8 Å². The number of carboxylic acids is 1. The van der Waals surface area contributed by atoms with Gasteiger partial charge in [0.1, 0.15) is 11.4 Å². The van der Waals surface area contributed by atoms with Gasteiger partial charge in [-0.3, -0.25) is 0 Å². The highest BCUT2D eigenvalue weighted by Gasteiger charge is 2.05. The lowest BCUT2D eigenvalue weighted by Crippen LogP contribution is -2.09. The van der Waals surface area contributed by atoms with Crippen molar-refractivity contribution in [1.82, 2.24) is 4.98 Å². The molecule has 2 N–H and O–H groups in total. The second-order valence-electron chi connectivity index (χ2n) is 4.73. The number of nitrogens with zero attached hydrogens (tertiary/aromatic N) is 1. The minimum Gasteiger partial charge on any atom is -0.491 e. The summed E-state index contributed by atoms with van der Waals surface area (Å²) in [4.78, 5) is 14.6. The van der Waals surface area contributed by atoms with Crippen LogP contribution in [0.3, 0.4) is 0 Å². The molecule has 0 aliphatic carbocycles. The Kier molecular flexibility index (Phi) is 4.77. The van der Waals surface area contributed by atoms with Crippen LogP contribution in [0.15, 0.2) is 42.6 Å². The van der Waals surface area contributed by atoms with Gasteiger partial charge in [-0.15, -0.1) is 0 Å². The van der Waals surface area contributed by atoms with Gasteiger partial charge in [-0.05, 0) is 37.6 Å². The third-order valence-electron chi connectivity index (χ3n) is 3.02. The van der Waals surface area contributed by atoms with Crippen molar-refractivity contribution < 1.29 is 14.6 Å². The van der Waals surface area contributed by atoms with E-state index in [4.69, 9.17) is 9.84 Å². The summed E-state index contributed by atoms with van der Waals surface area (Å²) < 4.78 is 5.76. The smallest absolute Gasteiger partial charge is 0.354 e. The molecule has 1 unspecified atom stereocenters. The topological polar surface area (TPSA) is 71.5 Å². The third kappa shape index (κ3) is 4.21. The molecule has 0 bridgehead atoms. The van der Waals surface area contributed by atoms with Crippen LogP contribution in [-0.2, 0) is 0 Å². The highest BCUT2D eigenvalue weighted by atomic mass is 16.5. The first-order valence-corrected chi connectivity index (χ1v) is 6.81. The molecule has 2 aromatic rings. The van der Waals surface area contributed by atoms with Crippen LogP contribution >= 0.6 is 0 Å². The van der Waals surface area contributed by atoms with Crippen molar-refractivity contribution >= 4 is 17.3 Å². The predicted octanol–water partition coefficient (Wildman–Crippen LogP) is 3.70. The quantitative estimate of drug-likeness (QED) is 0.847. The van der Waals surface area contributed by atoms with E-state index in [2.05, 4.69) is 17.2 Å². The zero-order valence-corrected chi connectivity index (χ0v) is 12.0. The Balaban J connectivity index is 2.08. The maximum atomic E-state index is 10.7. The van der Waals surface area contributed by atoms with Crippen molar-refractivity contribution in [2.24, 2.45) is 0 Å². The van der Waals surface area contributed by atoms with E-state index in [1.807, 2.05) is 31.2 Å². The van der Waals surface area contributed by atoms with E-state index >= 15 is 0 Å². The maximum Gasteiger partial charge on any atom is 0.354 e. The van der Waals surface area contributed by atoms with Crippen molar-refractivity contribution in [2.75, 3.05) is 5.32 Å². The summed E-state index contributed by atoms with van der Waals surface area (Å²) in [5.41, 5.74) is 1.61. The second kappa shape index (κ2) is 6.74. The molecule has 1 aromatic carbocycles. The number of nitrogens with one attached hydrogen (secondary N) is 1. The Morgan fingerprint density at radius 1 is 1.33 bits per heavy atom. The van der Waals surface area contributed by atoms with E-state index in [0.29, 0.717) is 0 Å². The van der Waals surface area contributed by atoms with E-state index in [9.17, 15) is 4.79 Å². The summed E-state index contributed by atoms with van der Waals surface area (Å²) in [5, 5.41) is 12.0. The average molecular weight is 286 g/mol. The minimum atomic E-state index is -1.04. The number of carboxylic acid groups (broad SMARTS) is 1. The van der Waals surface area contributed by atoms with Crippen molar-refractivity contribution in [3.8, 4) is 5.75 Å². The van der Waals surface area contributed by atoms with Gasteiger partial charge in [0.05, 0.1) is 18.0 Å². The number of rotatable bonds is 6. The molecule has 0 aliphatic rings. The molecule has 1 heterocycles. The highest BCUT2D eigenvalue weighted by Crippen LogP contribution is 2.22. The predicted molar refractivity (Wildman–Crippen MR) is 81.3 cm³/mol. The van der Waals surface area contributed by atoms with Gasteiger partial charge in [0.25, 0.3) is 0 Å². The van der Waals surface area contributed by atoms with Gasteiger partial charge in [0, 0.05) is 11.8 Å². The van der Waals surface area contributed by atoms with Crippen LogP contribution < -0.4 is 10.1 Å². The third-order valence-corrected chi connectivity index (χ3v) is 3.02. The van der Waals surface area contributed by atoms with Crippen molar-refractivity contribution in [3.05, 3.63) is 48.3 Å². The number of hydrogen-bond acceptors (Lipinski definition) is 4. The second-order valence-corrected chi connectivity index (χ2v) is 4.73. The van der Waals surface area contributed by atoms with E-state index in [1.165, 1.54) is 12.3 Å². The molecule has 0 saturated carbocycles. The summed E-state index contributed by atoms with van der Waals surface area (Å²) in [5.74, 6) is -0.241. The highest BCUT2D eigenvalue weighted by molar-refractivity contribution is 5.85. The Morgan fingerprint density at radius 3 is 2.76 bits per heavy atom. The molecule has 1 aromatic heterocycles. The molecule has 2 rings (SSSR count). The zero-order valence-electron chi connectivity index (χ0n) is 12.0. The molecule has 1 atom stereocenters. The minimum absolute atomic E-state index is 0.0226. The normalized spacial score (nSPS) is 11.7. The average Bonchev–Trinajstić information content (AvgIpc) is 2.48. The molecule has 21 heavy (non-hydrogen) atoms. The van der Waals surface area contributed by atoms with Gasteiger partial charge in [0.2, 0.25) is 0 Å². The van der Waals surface area contributed by atoms with Crippen LogP contribution in [0.25, 0.3) is 0 Å². The van der Waals surface area contributed by atoms with Gasteiger partial charge in [-0.2, -0.15) is 0 Å². The van der Waals surface area contributed by atoms with Gasteiger partial charge in [-0.25, -0.2) is 9.78 Å². The lowest BCUT2D eigenvalue weighted by Gasteiger charge is -2.14. The largest absolute Gasteiger partial charge is 0.491 e. The van der Waals surface area contributed by atoms with E-state index in [0.717, 1.165) is 23.5 Å². The van der Waals surface area contributed by atoms with Crippen LogP contribution in [0.5, 0.6) is 5.75 Å². The van der Waals surface area contributed by atoms with Crippen LogP contribution in [0.1, 0.15) is 30.8 Å². The van der Waals surface area contributed by atoms with Crippen molar-refractivity contribution in [3.63, 3.8) is 0 Å². The number of aromatic nitrogens is 1. The number of benzene rings is 1. The molecule has 110 valence electrons. The number of hydrogen-bond donors (Lipinski definition) is 2. The van der Waals surface area contributed by atoms with E-state index in [1.54, 1.807) is 6.07 Å². The fourth-order valence-electron chi connectivity index (χ4n) is 1.72. The summed E-state index contributed by atoms with van der Waals surface area (Å²) >= 11 is 0. The van der Waals surface area contributed by atoms with Crippen LogP contribution in [0.2, 0.25) is 0 Å². The summed E-state index contributed by atoms with van der Waals surface area (Å²) in [7, 11) is 0. The lowest BCUT2D eigenvalue weighted by atomic mass is 10.2. The first kappa shape index (κ1) is 14.8. The molecule has 0 spiro atoms. The fourth-order valence-corrected chi connectivity index (χ4v) is 1.72. The van der Waals surface area contributed by atoms with Gasteiger partial charge < -0.3 is 15.2 Å². The molecule has 0 fully saturated rings. The van der Waals surface area contributed by atoms with Gasteiger partial charge in [-0.1, -0.05) is 13.0 Å². The van der Waals surface area contributed by atoms with Gasteiger partial charge >= 0.3 is 5.97 Å². The van der Waals surface area contributed by atoms with Crippen LogP contribution in [0, 0.1) is 0 Å². The maximum absolute atomic E-state index is 10.7. The standard InChI is InChI=1S/C16H18N2O3/c1-3-11(2)21-14-6-4-5-12(9-14)18-13-7-8-15(16(19)20)17-10-13/h4-11,18H,3H2,1-2H3,(H,19,20). The molecular weight excluding hydrogens is 268 g/mol. The molecule has 0 saturated heterocycles. The number of pyridine rings is 1. The van der Waals surface area contributed by atoms with Gasteiger partial charge in [0.15, 0.2) is 0 Å². The molecule has 0 aliphatic heterocycles. The van der Waals surface area contributed by atoms with Crippen molar-refractivity contribution in [1.29, 1.82) is 0 Å². The molecule has 5 nitrogen and oxygen atoms in total. The van der Waals surface area contributed by atoms with Crippen LogP contribution in [-0.4, -0.2) is 22.2 Å². The number of carbonyl (C=O) groups is 1. The Hall–Kier alpha value is -2.56. The summed E-state index contributed by atoms with van der Waals surface area (Å²) in [6.45, 7) is 4.09. The SMILES string of the molecule is CCC(C)Oc1cccc(Nc2ccc(C(=O)O)nc2)c1. The number of ether oxygens (including phenoxy) is 1. The molecular formula is C16H18N2O3. The molecule has 5 heteroatoms. The molecule has 0 radical (unpaired) electrons. The summed E-state index contributed by atoms with van der Waals surface area (Å²) in [6.07, 6.45) is 2.60. The zero-order chi connectivity index (χ0) is 15.2. The molecule has 0 amide bonds. The lowest BCUT2D eigenvalue weighted by molar-refractivity contribution is 0.0690. The Morgan fingerprint density at radius 2 is 2.14 bits per heavy atom. The Labute approximate surface area is 123 Å². The first-order valence-electron chi connectivity index (χ1n) is 6.81. The monoisotopic (exact) mass is 286 g/mol. The number of anilines is 2. The Bertz CT molecular complexity index is 611. The van der Waals surface area contributed by atoms with Crippen molar-refractivity contribution in [2.45, 2.75) is 26.4 Å². The summed E-state index contributed by atoms with van der Waals surface area (Å²) in [6, 6.07) is 10.8. The fraction of sp³-hybridized carbons (Fsp3) is 0.250. The number of aromatic carboxylic acids is 1.